The molecule has 0 spiro atoms. The van der Waals surface area contributed by atoms with Crippen LogP contribution in [0.5, 0.6) is 5.75 Å². The maximum Gasteiger partial charge on any atom is 0.311 e. The number of aliphatic hydroxyl groups excluding tert-OH is 1. The smallest absolute Gasteiger partial charge is 0.311 e. The first-order valence-electron chi connectivity index (χ1n) is 5.58. The summed E-state index contributed by atoms with van der Waals surface area (Å²) in [5.74, 6) is 0.172. The van der Waals surface area contributed by atoms with Crippen LogP contribution in [0.15, 0.2) is 30.6 Å². The van der Waals surface area contributed by atoms with E-state index in [1.54, 1.807) is 30.2 Å². The Labute approximate surface area is 109 Å². The molecule has 0 amide bonds. The number of ether oxygens (including phenoxy) is 1. The summed E-state index contributed by atoms with van der Waals surface area (Å²) in [6.07, 6.45) is 3.40. The van der Waals surface area contributed by atoms with Gasteiger partial charge < -0.3 is 9.84 Å². The van der Waals surface area contributed by atoms with Gasteiger partial charge in [-0.3, -0.25) is 14.8 Å². The number of nitrogens with zero attached hydrogens (tertiary/aromatic N) is 3. The van der Waals surface area contributed by atoms with Crippen LogP contribution in [0, 0.1) is 10.1 Å². The van der Waals surface area contributed by atoms with Gasteiger partial charge in [-0.2, -0.15) is 5.10 Å². The molecule has 7 heteroatoms. The van der Waals surface area contributed by atoms with Crippen molar-refractivity contribution in [1.29, 1.82) is 0 Å². The predicted molar refractivity (Wildman–Crippen MR) is 66.6 cm³/mol. The lowest BCUT2D eigenvalue weighted by atomic mass is 10.2. The maximum absolute atomic E-state index is 10.9. The molecule has 1 aromatic heterocycles. The van der Waals surface area contributed by atoms with Gasteiger partial charge in [0.25, 0.3) is 0 Å². The molecule has 0 radical (unpaired) electrons. The summed E-state index contributed by atoms with van der Waals surface area (Å²) < 4.78 is 7.05. The molecule has 0 aliphatic rings. The maximum atomic E-state index is 10.9. The number of hydrogen-bond donors (Lipinski definition) is 1. The van der Waals surface area contributed by atoms with Gasteiger partial charge >= 0.3 is 5.69 Å². The Morgan fingerprint density at radius 3 is 2.84 bits per heavy atom. The zero-order valence-electron chi connectivity index (χ0n) is 10.3. The van der Waals surface area contributed by atoms with Crippen LogP contribution in [0.3, 0.4) is 0 Å². The van der Waals surface area contributed by atoms with Crippen molar-refractivity contribution in [2.45, 2.75) is 13.2 Å². The van der Waals surface area contributed by atoms with E-state index in [4.69, 9.17) is 9.84 Å². The van der Waals surface area contributed by atoms with Crippen LogP contribution in [-0.2, 0) is 20.3 Å². The van der Waals surface area contributed by atoms with Gasteiger partial charge in [0.05, 0.1) is 17.7 Å². The highest BCUT2D eigenvalue weighted by Gasteiger charge is 2.16. The normalized spacial score (nSPS) is 10.4. The molecule has 0 aliphatic carbocycles. The first kappa shape index (κ1) is 13.0. The number of aryl methyl sites for hydroxylation is 1. The van der Waals surface area contributed by atoms with Crippen molar-refractivity contribution in [1.82, 2.24) is 9.78 Å². The number of hydrogen-bond acceptors (Lipinski definition) is 5. The van der Waals surface area contributed by atoms with Gasteiger partial charge in [0.15, 0.2) is 5.75 Å². The summed E-state index contributed by atoms with van der Waals surface area (Å²) >= 11 is 0. The van der Waals surface area contributed by atoms with Crippen molar-refractivity contribution < 1.29 is 14.8 Å². The molecule has 0 saturated heterocycles. The van der Waals surface area contributed by atoms with Crippen LogP contribution in [0.4, 0.5) is 5.69 Å². The van der Waals surface area contributed by atoms with Gasteiger partial charge in [-0.05, 0) is 11.6 Å². The number of nitro benzene ring substituents is 1. The molecule has 0 atom stereocenters. The minimum Gasteiger partial charge on any atom is -0.482 e. The second kappa shape index (κ2) is 5.49. The van der Waals surface area contributed by atoms with Crippen LogP contribution in [0.2, 0.25) is 0 Å². The first-order valence-corrected chi connectivity index (χ1v) is 5.58. The van der Waals surface area contributed by atoms with Gasteiger partial charge in [0.2, 0.25) is 0 Å². The monoisotopic (exact) mass is 263 g/mol. The van der Waals surface area contributed by atoms with Crippen molar-refractivity contribution in [3.8, 4) is 5.75 Å². The van der Waals surface area contributed by atoms with E-state index >= 15 is 0 Å². The van der Waals surface area contributed by atoms with E-state index in [1.807, 2.05) is 0 Å². The van der Waals surface area contributed by atoms with Crippen molar-refractivity contribution in [2.75, 3.05) is 0 Å². The molecule has 7 nitrogen and oxygen atoms in total. The fourth-order valence-electron chi connectivity index (χ4n) is 1.63. The van der Waals surface area contributed by atoms with Crippen LogP contribution < -0.4 is 4.74 Å². The van der Waals surface area contributed by atoms with E-state index in [2.05, 4.69) is 5.10 Å². The summed E-state index contributed by atoms with van der Waals surface area (Å²) in [6.45, 7) is -0.0448. The van der Waals surface area contributed by atoms with Crippen molar-refractivity contribution in [3.63, 3.8) is 0 Å². The topological polar surface area (TPSA) is 90.4 Å². The van der Waals surface area contributed by atoms with Crippen molar-refractivity contribution in [3.05, 3.63) is 51.8 Å². The summed E-state index contributed by atoms with van der Waals surface area (Å²) in [7, 11) is 1.78. The Bertz CT molecular complexity index is 594. The predicted octanol–water partition coefficient (Wildman–Crippen LogP) is 1.40. The SMILES string of the molecule is Cn1cc(COc2ccc(CO)cc2[N+](=O)[O-])cn1. The third-order valence-electron chi connectivity index (χ3n) is 2.56. The molecule has 2 rings (SSSR count). The third kappa shape index (κ3) is 3.08. The largest absolute Gasteiger partial charge is 0.482 e. The fourth-order valence-corrected chi connectivity index (χ4v) is 1.63. The molecular weight excluding hydrogens is 250 g/mol. The lowest BCUT2D eigenvalue weighted by Gasteiger charge is -2.06. The molecule has 1 N–H and O–H groups in total. The van der Waals surface area contributed by atoms with Crippen molar-refractivity contribution in [2.24, 2.45) is 7.05 Å². The number of benzene rings is 1. The average Bonchev–Trinajstić information content (AvgIpc) is 2.82. The van der Waals surface area contributed by atoms with E-state index in [-0.39, 0.29) is 24.7 Å². The molecule has 1 aromatic carbocycles. The highest BCUT2D eigenvalue weighted by molar-refractivity contribution is 5.48. The van der Waals surface area contributed by atoms with Crippen LogP contribution in [-0.4, -0.2) is 19.8 Å². The summed E-state index contributed by atoms with van der Waals surface area (Å²) in [4.78, 5) is 10.4. The Balaban J connectivity index is 2.17. The Kier molecular flexibility index (Phi) is 3.76. The number of nitro groups is 1. The van der Waals surface area contributed by atoms with Gasteiger partial charge in [0, 0.05) is 24.9 Å². The second-order valence-corrected chi connectivity index (χ2v) is 4.03. The zero-order chi connectivity index (χ0) is 13.8. The lowest BCUT2D eigenvalue weighted by Crippen LogP contribution is -1.99. The molecular formula is C12H13N3O4. The summed E-state index contributed by atoms with van der Waals surface area (Å²) in [6, 6.07) is 4.38. The highest BCUT2D eigenvalue weighted by atomic mass is 16.6. The molecule has 19 heavy (non-hydrogen) atoms. The molecule has 0 bridgehead atoms. The standard InChI is InChI=1S/C12H13N3O4/c1-14-6-10(5-13-14)8-19-12-3-2-9(7-16)4-11(12)15(17)18/h2-6,16H,7-8H2,1H3. The van der Waals surface area contributed by atoms with E-state index < -0.39 is 4.92 Å². The first-order chi connectivity index (χ1) is 9.10. The summed E-state index contributed by atoms with van der Waals surface area (Å²) in [5, 5.41) is 23.9. The lowest BCUT2D eigenvalue weighted by molar-refractivity contribution is -0.386. The van der Waals surface area contributed by atoms with E-state index in [1.165, 1.54) is 12.1 Å². The quantitative estimate of drug-likeness (QED) is 0.650. The fraction of sp³-hybridized carbons (Fsp3) is 0.250. The Morgan fingerprint density at radius 1 is 1.47 bits per heavy atom. The molecule has 0 unspecified atom stereocenters. The van der Waals surface area contributed by atoms with Crippen molar-refractivity contribution >= 4 is 5.69 Å². The molecule has 100 valence electrons. The zero-order valence-corrected chi connectivity index (χ0v) is 10.3. The average molecular weight is 263 g/mol. The molecule has 0 aliphatic heterocycles. The van der Waals surface area contributed by atoms with Crippen LogP contribution >= 0.6 is 0 Å². The highest BCUT2D eigenvalue weighted by Crippen LogP contribution is 2.28. The number of aliphatic hydroxyl groups is 1. The van der Waals surface area contributed by atoms with E-state index in [9.17, 15) is 10.1 Å². The van der Waals surface area contributed by atoms with Gasteiger partial charge in [-0.15, -0.1) is 0 Å². The van der Waals surface area contributed by atoms with Crippen LogP contribution in [0.25, 0.3) is 0 Å². The molecule has 2 aromatic rings. The molecule has 0 saturated carbocycles. The van der Waals surface area contributed by atoms with Crippen LogP contribution in [0.1, 0.15) is 11.1 Å². The minimum atomic E-state index is -0.530. The Hall–Kier alpha value is -2.41. The molecule has 1 heterocycles. The number of rotatable bonds is 5. The van der Waals surface area contributed by atoms with Gasteiger partial charge in [-0.1, -0.05) is 6.07 Å². The Morgan fingerprint density at radius 2 is 2.26 bits per heavy atom. The molecule has 0 fully saturated rings. The second-order valence-electron chi connectivity index (χ2n) is 4.03. The van der Waals surface area contributed by atoms with Gasteiger partial charge in [-0.25, -0.2) is 0 Å². The van der Waals surface area contributed by atoms with E-state index in [0.717, 1.165) is 5.56 Å². The third-order valence-corrected chi connectivity index (χ3v) is 2.56. The minimum absolute atomic E-state index is 0.157. The number of aromatic nitrogens is 2. The van der Waals surface area contributed by atoms with Gasteiger partial charge in [0.1, 0.15) is 6.61 Å². The summed E-state index contributed by atoms with van der Waals surface area (Å²) in [5.41, 5.74) is 1.14. The van der Waals surface area contributed by atoms with E-state index in [0.29, 0.717) is 5.56 Å².